The number of hydrogen-bond donors (Lipinski definition) is 1. The zero-order valence-corrected chi connectivity index (χ0v) is 15.4. The van der Waals surface area contributed by atoms with Gasteiger partial charge in [0.1, 0.15) is 0 Å². The quantitative estimate of drug-likeness (QED) is 0.302. The molecule has 1 N–H and O–H groups in total. The largest absolute Gasteiger partial charge is 0.505 e. The summed E-state index contributed by atoms with van der Waals surface area (Å²) in [5.74, 6) is -7.96. The summed E-state index contributed by atoms with van der Waals surface area (Å²) >= 11 is 1.44. The lowest BCUT2D eigenvalue weighted by atomic mass is 9.77. The summed E-state index contributed by atoms with van der Waals surface area (Å²) in [6, 6.07) is 0.997. The van der Waals surface area contributed by atoms with Crippen LogP contribution in [0.3, 0.4) is 0 Å². The molecule has 1 heterocycles. The Bertz CT molecular complexity index is 708. The average molecular weight is 480 g/mol. The molecule has 1 saturated heterocycles. The predicted molar refractivity (Wildman–Crippen MR) is 84.0 cm³/mol. The molecule has 0 radical (unpaired) electrons. The summed E-state index contributed by atoms with van der Waals surface area (Å²) in [5.41, 5.74) is -3.08. The van der Waals surface area contributed by atoms with Gasteiger partial charge in [0, 0.05) is 17.4 Å². The number of hydrogen-bond acceptors (Lipinski definition) is 4. The molecule has 1 aliphatic rings. The molecule has 2 rings (SSSR count). The van der Waals surface area contributed by atoms with Gasteiger partial charge in [-0.05, 0) is 35.6 Å². The monoisotopic (exact) mass is 480 g/mol. The molecule has 25 heavy (non-hydrogen) atoms. The van der Waals surface area contributed by atoms with E-state index < -0.39 is 53.1 Å². The number of phenolic OH excluding ortho intramolecular Hbond substituents is 1. The molecular formula is C15H14F5IO4. The Hall–Kier alpha value is -1.17. The van der Waals surface area contributed by atoms with Gasteiger partial charge in [-0.2, -0.15) is 17.6 Å². The van der Waals surface area contributed by atoms with Gasteiger partial charge >= 0.3 is 12.1 Å². The first-order valence-corrected chi connectivity index (χ1v) is 8.13. The SMILES string of the molecule is COC(=O)[C@@H]1OC(C)(C(F)(F)F)C(C)C1c1cc(I)c(F)c(F)c1O. The Kier molecular flexibility index (Phi) is 5.26. The summed E-state index contributed by atoms with van der Waals surface area (Å²) in [6.07, 6.45) is -6.58. The van der Waals surface area contributed by atoms with Crippen LogP contribution in [-0.4, -0.2) is 36.1 Å². The van der Waals surface area contributed by atoms with E-state index in [1.807, 2.05) is 0 Å². The Morgan fingerprint density at radius 3 is 2.40 bits per heavy atom. The lowest BCUT2D eigenvalue weighted by Crippen LogP contribution is -2.47. The number of aromatic hydroxyl groups is 1. The van der Waals surface area contributed by atoms with E-state index in [0.29, 0.717) is 0 Å². The van der Waals surface area contributed by atoms with Crippen LogP contribution in [0.25, 0.3) is 0 Å². The second-order valence-corrected chi connectivity index (χ2v) is 7.07. The van der Waals surface area contributed by atoms with Crippen LogP contribution < -0.4 is 0 Å². The number of carbonyl (C=O) groups excluding carboxylic acids is 1. The van der Waals surface area contributed by atoms with E-state index in [9.17, 15) is 31.9 Å². The molecule has 0 amide bonds. The fraction of sp³-hybridized carbons (Fsp3) is 0.533. The van der Waals surface area contributed by atoms with Crippen molar-refractivity contribution in [3.05, 3.63) is 26.8 Å². The average Bonchev–Trinajstić information content (AvgIpc) is 2.81. The van der Waals surface area contributed by atoms with E-state index in [1.54, 1.807) is 0 Å². The van der Waals surface area contributed by atoms with Crippen LogP contribution in [0.2, 0.25) is 0 Å². The van der Waals surface area contributed by atoms with Crippen LogP contribution in [0.4, 0.5) is 22.0 Å². The Labute approximate surface area is 153 Å². The van der Waals surface area contributed by atoms with Gasteiger partial charge in [-0.1, -0.05) is 6.92 Å². The molecular weight excluding hydrogens is 466 g/mol. The molecule has 1 aromatic rings. The number of phenols is 1. The summed E-state index contributed by atoms with van der Waals surface area (Å²) in [5, 5.41) is 9.92. The maximum absolute atomic E-state index is 13.9. The molecule has 4 nitrogen and oxygen atoms in total. The number of halogens is 6. The molecule has 1 aliphatic heterocycles. The first kappa shape index (κ1) is 20.1. The minimum atomic E-state index is -4.84. The number of benzene rings is 1. The molecule has 0 aliphatic carbocycles. The number of alkyl halides is 3. The molecule has 10 heteroatoms. The van der Waals surface area contributed by atoms with Gasteiger partial charge in [-0.25, -0.2) is 9.18 Å². The van der Waals surface area contributed by atoms with E-state index in [4.69, 9.17) is 4.74 Å². The van der Waals surface area contributed by atoms with Gasteiger partial charge in [0.25, 0.3) is 0 Å². The summed E-state index contributed by atoms with van der Waals surface area (Å²) in [6.45, 7) is 1.92. The topological polar surface area (TPSA) is 55.8 Å². The second-order valence-electron chi connectivity index (χ2n) is 5.91. The van der Waals surface area contributed by atoms with Crippen molar-refractivity contribution in [3.8, 4) is 5.75 Å². The van der Waals surface area contributed by atoms with Gasteiger partial charge in [0.2, 0.25) is 5.82 Å². The molecule has 0 spiro atoms. The van der Waals surface area contributed by atoms with Crippen molar-refractivity contribution in [1.29, 1.82) is 0 Å². The molecule has 0 saturated carbocycles. The third kappa shape index (κ3) is 3.07. The molecule has 3 unspecified atom stereocenters. The second kappa shape index (κ2) is 6.53. The van der Waals surface area contributed by atoms with E-state index in [2.05, 4.69) is 4.74 Å². The lowest BCUT2D eigenvalue weighted by Gasteiger charge is -2.31. The standard InChI is InChI=1S/C15H14F5IO4/c1-5-8(6-4-7(21)9(16)10(17)11(6)22)12(13(23)24-3)25-14(5,2)15(18,19)20/h4-5,8,12,22H,1-3H3/t5?,8?,12-,14?/m1/s1. The van der Waals surface area contributed by atoms with Gasteiger partial charge in [0.05, 0.1) is 10.7 Å². The first-order chi connectivity index (χ1) is 11.4. The molecule has 1 aromatic carbocycles. The van der Waals surface area contributed by atoms with Crippen LogP contribution in [0.5, 0.6) is 5.75 Å². The van der Waals surface area contributed by atoms with Crippen molar-refractivity contribution >= 4 is 28.6 Å². The zero-order valence-electron chi connectivity index (χ0n) is 13.2. The molecule has 140 valence electrons. The number of esters is 1. The number of methoxy groups -OCH3 is 1. The maximum Gasteiger partial charge on any atom is 0.417 e. The van der Waals surface area contributed by atoms with Crippen LogP contribution in [0, 0.1) is 21.1 Å². The highest BCUT2D eigenvalue weighted by atomic mass is 127. The first-order valence-electron chi connectivity index (χ1n) is 7.05. The van der Waals surface area contributed by atoms with E-state index >= 15 is 0 Å². The van der Waals surface area contributed by atoms with Crippen LogP contribution in [0.1, 0.15) is 25.3 Å². The smallest absolute Gasteiger partial charge is 0.417 e. The highest BCUT2D eigenvalue weighted by molar-refractivity contribution is 14.1. The molecule has 4 atom stereocenters. The fourth-order valence-electron chi connectivity index (χ4n) is 2.98. The number of rotatable bonds is 2. The van der Waals surface area contributed by atoms with E-state index in [-0.39, 0.29) is 9.13 Å². The predicted octanol–water partition coefficient (Wildman–Crippen LogP) is 3.89. The van der Waals surface area contributed by atoms with Crippen LogP contribution in [0.15, 0.2) is 6.07 Å². The molecule has 1 fully saturated rings. The van der Waals surface area contributed by atoms with Gasteiger partial charge < -0.3 is 14.6 Å². The maximum atomic E-state index is 13.9. The van der Waals surface area contributed by atoms with Crippen molar-refractivity contribution in [2.45, 2.75) is 37.6 Å². The Morgan fingerprint density at radius 1 is 1.36 bits per heavy atom. The van der Waals surface area contributed by atoms with Crippen LogP contribution in [-0.2, 0) is 14.3 Å². The summed E-state index contributed by atoms with van der Waals surface area (Å²) in [7, 11) is 0.964. The van der Waals surface area contributed by atoms with Gasteiger partial charge in [-0.15, -0.1) is 0 Å². The van der Waals surface area contributed by atoms with Crippen molar-refractivity contribution in [3.63, 3.8) is 0 Å². The Morgan fingerprint density at radius 2 is 1.92 bits per heavy atom. The summed E-state index contributed by atoms with van der Waals surface area (Å²) in [4.78, 5) is 11.9. The van der Waals surface area contributed by atoms with Gasteiger partial charge in [0.15, 0.2) is 23.3 Å². The van der Waals surface area contributed by atoms with Crippen molar-refractivity contribution < 1.29 is 41.3 Å². The van der Waals surface area contributed by atoms with Crippen molar-refractivity contribution in [2.75, 3.05) is 7.11 Å². The third-order valence-corrected chi connectivity index (χ3v) is 5.41. The van der Waals surface area contributed by atoms with Crippen molar-refractivity contribution in [1.82, 2.24) is 0 Å². The molecule has 0 aromatic heterocycles. The highest BCUT2D eigenvalue weighted by Crippen LogP contribution is 2.55. The minimum Gasteiger partial charge on any atom is -0.505 e. The number of ether oxygens (including phenoxy) is 2. The summed E-state index contributed by atoms with van der Waals surface area (Å²) < 4.78 is 77.1. The van der Waals surface area contributed by atoms with E-state index in [0.717, 1.165) is 27.0 Å². The third-order valence-electron chi connectivity index (χ3n) is 4.63. The molecule has 0 bridgehead atoms. The van der Waals surface area contributed by atoms with Crippen LogP contribution >= 0.6 is 22.6 Å². The highest BCUT2D eigenvalue weighted by Gasteiger charge is 2.66. The van der Waals surface area contributed by atoms with Crippen molar-refractivity contribution in [2.24, 2.45) is 5.92 Å². The van der Waals surface area contributed by atoms with Gasteiger partial charge in [-0.3, -0.25) is 0 Å². The lowest BCUT2D eigenvalue weighted by molar-refractivity contribution is -0.274. The normalized spacial score (nSPS) is 29.7. The van der Waals surface area contributed by atoms with E-state index in [1.165, 1.54) is 22.6 Å². The zero-order chi connectivity index (χ0) is 19.3. The fourth-order valence-corrected chi connectivity index (χ4v) is 3.55. The Balaban J connectivity index is 2.67. The number of carbonyl (C=O) groups is 1. The minimum absolute atomic E-state index is 0.251.